The molecule has 0 spiro atoms. The monoisotopic (exact) mass is 787 g/mol. The molecule has 6 bridgehead atoms. The van der Waals surface area contributed by atoms with Gasteiger partial charge in [0.2, 0.25) is 0 Å². The van der Waals surface area contributed by atoms with Crippen LogP contribution in [0.25, 0.3) is 76.9 Å². The van der Waals surface area contributed by atoms with Gasteiger partial charge in [0, 0.05) is 44.3 Å². The Morgan fingerprint density at radius 3 is 1.92 bits per heavy atom. The van der Waals surface area contributed by atoms with E-state index in [0.29, 0.717) is 29.1 Å². The predicted molar refractivity (Wildman–Crippen MR) is 247 cm³/mol. The molecule has 2 atom stereocenters. The molecule has 3 fully saturated rings. The van der Waals surface area contributed by atoms with Crippen LogP contribution in [0.3, 0.4) is 0 Å². The molecular weight excluding hydrogens is 743 g/mol. The van der Waals surface area contributed by atoms with Crippen molar-refractivity contribution in [3.8, 4) is 28.6 Å². The van der Waals surface area contributed by atoms with Crippen LogP contribution in [0.4, 0.5) is 0 Å². The van der Waals surface area contributed by atoms with E-state index in [1.807, 2.05) is 0 Å². The first-order valence-corrected chi connectivity index (χ1v) is 22.8. The number of ketones is 1. The van der Waals surface area contributed by atoms with Crippen LogP contribution in [0, 0.1) is 29.1 Å². The molecule has 7 aliphatic rings. The Bertz CT molecular complexity index is 3410. The third-order valence-electron chi connectivity index (χ3n) is 16.3. The number of fused-ring (bicyclic) bond motifs is 9. The van der Waals surface area contributed by atoms with Gasteiger partial charge in [-0.15, -0.1) is 0 Å². The number of hydrogen-bond acceptors (Lipinski definition) is 2. The fourth-order valence-electron chi connectivity index (χ4n) is 13.8. The summed E-state index contributed by atoms with van der Waals surface area (Å²) in [5, 5.41) is 18.2. The van der Waals surface area contributed by atoms with Crippen molar-refractivity contribution in [2.45, 2.75) is 75.5 Å². The molecule has 0 aliphatic heterocycles. The van der Waals surface area contributed by atoms with E-state index < -0.39 is 0 Å². The van der Waals surface area contributed by atoms with E-state index in [-0.39, 0.29) is 5.92 Å². The fraction of sp³-hybridized carbons (Fsp3) is 0.263. The van der Waals surface area contributed by atoms with Crippen molar-refractivity contribution in [2.75, 3.05) is 0 Å². The summed E-state index contributed by atoms with van der Waals surface area (Å²) in [7, 11) is 0. The second kappa shape index (κ2) is 12.6. The Morgan fingerprint density at radius 2 is 1.15 bits per heavy atom. The highest BCUT2D eigenvalue weighted by atomic mass is 16.1. The van der Waals surface area contributed by atoms with Crippen LogP contribution in [-0.2, 0) is 0 Å². The number of nitriles is 1. The minimum absolute atomic E-state index is 0.109. The summed E-state index contributed by atoms with van der Waals surface area (Å²) in [5.74, 6) is 3.94. The van der Waals surface area contributed by atoms with Gasteiger partial charge in [-0.25, -0.2) is 0 Å². The van der Waals surface area contributed by atoms with Crippen molar-refractivity contribution < 1.29 is 4.79 Å². The molecule has 0 N–H and O–H groups in total. The minimum Gasteiger partial charge on any atom is -0.309 e. The molecule has 61 heavy (non-hydrogen) atoms. The largest absolute Gasteiger partial charge is 0.309 e. The molecule has 0 radical (unpaired) electrons. The van der Waals surface area contributed by atoms with Crippen LogP contribution in [0.15, 0.2) is 127 Å². The Morgan fingerprint density at radius 1 is 0.492 bits per heavy atom. The highest BCUT2D eigenvalue weighted by molar-refractivity contribution is 6.17. The number of hydrogen-bond donors (Lipinski definition) is 0. The van der Waals surface area contributed by atoms with Gasteiger partial charge in [0.25, 0.3) is 0 Å². The molecule has 16 rings (SSSR count). The number of carbonyl (C=O) groups is 1. The molecule has 3 saturated carbocycles. The maximum atomic E-state index is 14.4. The Balaban J connectivity index is 1.09. The smallest absolute Gasteiger partial charge is 0.166 e. The number of para-hydroxylation sites is 2. The van der Waals surface area contributed by atoms with Gasteiger partial charge < -0.3 is 9.13 Å². The van der Waals surface area contributed by atoms with Crippen LogP contribution in [-0.4, -0.2) is 14.9 Å². The van der Waals surface area contributed by atoms with Crippen LogP contribution < -0.4 is 0 Å². The van der Waals surface area contributed by atoms with Crippen LogP contribution in [0.1, 0.15) is 108 Å². The van der Waals surface area contributed by atoms with E-state index in [2.05, 4.69) is 143 Å². The predicted octanol–water partition coefficient (Wildman–Crippen LogP) is 14.4. The number of nitrogens with zero attached hydrogens (tertiary/aromatic N) is 3. The molecule has 7 aromatic carbocycles. The SMILES string of the molecule is N#Cc1cc(-n2c3cc4c(cc3c3cc5cc6c(cc5cc32)C2CC3CC(CC6C3)C2)C2CCC(CC2)C4=O)cc2c1c1ccccc1n2-c1ccccc1-c1ccccc1. The molecule has 2 heterocycles. The topological polar surface area (TPSA) is 50.7 Å². The quantitative estimate of drug-likeness (QED) is 0.179. The fourth-order valence-corrected chi connectivity index (χ4v) is 13.8. The Labute approximate surface area is 355 Å². The zero-order valence-corrected chi connectivity index (χ0v) is 34.2. The van der Waals surface area contributed by atoms with Crippen molar-refractivity contribution in [3.63, 3.8) is 0 Å². The lowest BCUT2D eigenvalue weighted by Gasteiger charge is -2.38. The van der Waals surface area contributed by atoms with E-state index in [0.717, 1.165) is 98.4 Å². The van der Waals surface area contributed by atoms with Gasteiger partial charge in [-0.1, -0.05) is 78.9 Å². The summed E-state index contributed by atoms with van der Waals surface area (Å²) in [6.07, 6.45) is 11.0. The van der Waals surface area contributed by atoms with Crippen molar-refractivity contribution in [1.29, 1.82) is 5.26 Å². The second-order valence-corrected chi connectivity index (χ2v) is 19.4. The van der Waals surface area contributed by atoms with E-state index in [1.165, 1.54) is 59.2 Å². The molecule has 4 nitrogen and oxygen atoms in total. The van der Waals surface area contributed by atoms with Gasteiger partial charge in [0.15, 0.2) is 5.78 Å². The summed E-state index contributed by atoms with van der Waals surface area (Å²) in [6.45, 7) is 0. The number of carbonyl (C=O) groups excluding carboxylic acids is 1. The lowest BCUT2D eigenvalue weighted by Crippen LogP contribution is -2.25. The van der Waals surface area contributed by atoms with Crippen LogP contribution in [0.5, 0.6) is 0 Å². The third-order valence-corrected chi connectivity index (χ3v) is 16.3. The molecule has 4 heteroatoms. The number of benzene rings is 7. The highest BCUT2D eigenvalue weighted by Gasteiger charge is 2.42. The average Bonchev–Trinajstić information content (AvgIpc) is 3.64. The molecule has 9 aromatic rings. The first-order valence-electron chi connectivity index (χ1n) is 22.8. The Kier molecular flexibility index (Phi) is 7.06. The van der Waals surface area contributed by atoms with Gasteiger partial charge in [-0.2, -0.15) is 5.26 Å². The average molecular weight is 788 g/mol. The van der Waals surface area contributed by atoms with E-state index in [1.54, 1.807) is 11.1 Å². The van der Waals surface area contributed by atoms with Gasteiger partial charge in [0.05, 0.1) is 39.4 Å². The molecule has 2 aromatic heterocycles. The maximum absolute atomic E-state index is 14.4. The molecule has 0 saturated heterocycles. The van der Waals surface area contributed by atoms with Crippen LogP contribution in [0.2, 0.25) is 0 Å². The lowest BCUT2D eigenvalue weighted by atomic mass is 9.67. The highest BCUT2D eigenvalue weighted by Crippen LogP contribution is 2.57. The summed E-state index contributed by atoms with van der Waals surface area (Å²) in [4.78, 5) is 14.4. The molecule has 2 unspecified atom stereocenters. The lowest BCUT2D eigenvalue weighted by molar-refractivity contribution is 0.0898. The van der Waals surface area contributed by atoms with Gasteiger partial charge in [-0.3, -0.25) is 4.79 Å². The van der Waals surface area contributed by atoms with Gasteiger partial charge in [0.1, 0.15) is 0 Å². The van der Waals surface area contributed by atoms with Crippen LogP contribution >= 0.6 is 0 Å². The number of aromatic nitrogens is 2. The standard InChI is InChI=1S/C57H45N3O/c58-31-41-23-42(28-55-56(41)44-11-5-7-13-52(44)60(55)51-12-6-4-10-43(51)34-8-2-1-3-9-34)59-53-27-38-25-46-40-21-32-18-33(22-40)20-39(19-32)45(46)24-37(38)26-48(53)49-29-47-35-14-16-36(17-15-35)57(61)50(47)30-54(49)59/h1-13,23-30,32-33,35-36,39-40H,14-22H2. The Hall–Kier alpha value is -6.44. The summed E-state index contributed by atoms with van der Waals surface area (Å²) in [5.41, 5.74) is 14.6. The van der Waals surface area contributed by atoms with Crippen molar-refractivity contribution in [2.24, 2.45) is 17.8 Å². The maximum Gasteiger partial charge on any atom is 0.166 e. The number of Topliss-reactive ketones (excluding diaryl/α,β-unsaturated/α-hetero) is 1. The molecule has 0 amide bonds. The zero-order chi connectivity index (χ0) is 40.1. The minimum atomic E-state index is 0.109. The number of rotatable bonds is 3. The first kappa shape index (κ1) is 34.3. The van der Waals surface area contributed by atoms with Crippen molar-refractivity contribution in [3.05, 3.63) is 155 Å². The van der Waals surface area contributed by atoms with Gasteiger partial charge in [-0.05, 0) is 169 Å². The van der Waals surface area contributed by atoms with Crippen molar-refractivity contribution in [1.82, 2.24) is 9.13 Å². The van der Waals surface area contributed by atoms with Crippen molar-refractivity contribution >= 4 is 60.2 Å². The summed E-state index contributed by atoms with van der Waals surface area (Å²) < 4.78 is 4.76. The molecule has 294 valence electrons. The third kappa shape index (κ3) is 4.84. The van der Waals surface area contributed by atoms with E-state index >= 15 is 0 Å². The second-order valence-electron chi connectivity index (χ2n) is 19.4. The molecule has 7 aliphatic carbocycles. The first-order chi connectivity index (χ1) is 30.1. The molecular formula is C57H45N3O. The summed E-state index contributed by atoms with van der Waals surface area (Å²) >= 11 is 0. The zero-order valence-electron chi connectivity index (χ0n) is 34.2. The van der Waals surface area contributed by atoms with E-state index in [4.69, 9.17) is 0 Å². The van der Waals surface area contributed by atoms with E-state index in [9.17, 15) is 10.1 Å². The van der Waals surface area contributed by atoms with Gasteiger partial charge >= 0.3 is 0 Å². The normalized spacial score (nSPS) is 23.8. The summed E-state index contributed by atoms with van der Waals surface area (Å²) in [6, 6.07) is 49.6.